The van der Waals surface area contributed by atoms with E-state index in [2.05, 4.69) is 10.6 Å². The van der Waals surface area contributed by atoms with Crippen molar-refractivity contribution in [3.8, 4) is 5.75 Å². The van der Waals surface area contributed by atoms with E-state index in [4.69, 9.17) is 4.74 Å². The lowest BCUT2D eigenvalue weighted by Crippen LogP contribution is -2.35. The first-order valence-corrected chi connectivity index (χ1v) is 5.56. The minimum Gasteiger partial charge on any atom is -0.508 e. The van der Waals surface area contributed by atoms with Crippen LogP contribution in [0, 0.1) is 5.82 Å². The molecule has 6 heteroatoms. The van der Waals surface area contributed by atoms with E-state index in [0.29, 0.717) is 25.3 Å². The van der Waals surface area contributed by atoms with Crippen LogP contribution in [-0.2, 0) is 16.1 Å². The van der Waals surface area contributed by atoms with Crippen molar-refractivity contribution in [2.75, 3.05) is 26.8 Å². The Balaban J connectivity index is 2.26. The number of rotatable bonds is 7. The molecule has 0 atom stereocenters. The summed E-state index contributed by atoms with van der Waals surface area (Å²) in [6.07, 6.45) is 0. The maximum absolute atomic E-state index is 12.9. The standard InChI is InChI=1S/C12H17FN2O3/c1-18-3-2-15-12(17)8-14-7-9-4-10(13)6-11(16)5-9/h4-6,14,16H,2-3,7-8H2,1H3,(H,15,17). The Morgan fingerprint density at radius 2 is 2.22 bits per heavy atom. The van der Waals surface area contributed by atoms with Crippen LogP contribution in [0.4, 0.5) is 4.39 Å². The predicted molar refractivity (Wildman–Crippen MR) is 64.7 cm³/mol. The van der Waals surface area contributed by atoms with Gasteiger partial charge in [0, 0.05) is 26.3 Å². The molecule has 0 saturated carbocycles. The highest BCUT2D eigenvalue weighted by atomic mass is 19.1. The van der Waals surface area contributed by atoms with E-state index in [0.717, 1.165) is 6.07 Å². The van der Waals surface area contributed by atoms with Gasteiger partial charge in [-0.3, -0.25) is 4.79 Å². The smallest absolute Gasteiger partial charge is 0.234 e. The molecule has 18 heavy (non-hydrogen) atoms. The lowest BCUT2D eigenvalue weighted by Gasteiger charge is -2.07. The van der Waals surface area contributed by atoms with Crippen LogP contribution >= 0.6 is 0 Å². The van der Waals surface area contributed by atoms with E-state index >= 15 is 0 Å². The molecule has 1 aromatic rings. The van der Waals surface area contributed by atoms with Gasteiger partial charge in [-0.1, -0.05) is 0 Å². The first-order chi connectivity index (χ1) is 8.61. The highest BCUT2D eigenvalue weighted by Gasteiger charge is 2.02. The van der Waals surface area contributed by atoms with E-state index in [-0.39, 0.29) is 18.2 Å². The van der Waals surface area contributed by atoms with E-state index in [1.54, 1.807) is 7.11 Å². The van der Waals surface area contributed by atoms with Gasteiger partial charge in [0.2, 0.25) is 5.91 Å². The molecule has 5 nitrogen and oxygen atoms in total. The Labute approximate surface area is 105 Å². The number of amides is 1. The van der Waals surface area contributed by atoms with Crippen LogP contribution in [0.25, 0.3) is 0 Å². The summed E-state index contributed by atoms with van der Waals surface area (Å²) < 4.78 is 17.7. The Kier molecular flexibility index (Phi) is 6.10. The van der Waals surface area contributed by atoms with Gasteiger partial charge >= 0.3 is 0 Å². The number of carbonyl (C=O) groups is 1. The number of halogens is 1. The average molecular weight is 256 g/mol. The second-order valence-electron chi connectivity index (χ2n) is 3.76. The maximum Gasteiger partial charge on any atom is 0.234 e. The summed E-state index contributed by atoms with van der Waals surface area (Å²) in [6.45, 7) is 1.35. The molecule has 1 amide bonds. The zero-order valence-corrected chi connectivity index (χ0v) is 10.2. The van der Waals surface area contributed by atoms with Crippen LogP contribution in [0.15, 0.2) is 18.2 Å². The van der Waals surface area contributed by atoms with Gasteiger partial charge in [-0.2, -0.15) is 0 Å². The highest BCUT2D eigenvalue weighted by molar-refractivity contribution is 5.77. The Bertz CT molecular complexity index is 379. The first-order valence-electron chi connectivity index (χ1n) is 5.56. The van der Waals surface area contributed by atoms with Crippen LogP contribution in [0.1, 0.15) is 5.56 Å². The molecule has 0 fully saturated rings. The SMILES string of the molecule is COCCNC(=O)CNCc1cc(O)cc(F)c1. The van der Waals surface area contributed by atoms with Crippen molar-refractivity contribution in [3.05, 3.63) is 29.6 Å². The number of phenols is 1. The van der Waals surface area contributed by atoms with Crippen LogP contribution < -0.4 is 10.6 Å². The summed E-state index contributed by atoms with van der Waals surface area (Å²) in [5.74, 6) is -0.791. The number of hydrogen-bond acceptors (Lipinski definition) is 4. The fourth-order valence-electron chi connectivity index (χ4n) is 1.41. The molecule has 0 bridgehead atoms. The highest BCUT2D eigenvalue weighted by Crippen LogP contribution is 2.14. The van der Waals surface area contributed by atoms with Gasteiger partial charge in [0.05, 0.1) is 13.2 Å². The molecular formula is C12H17FN2O3. The number of ether oxygens (including phenoxy) is 1. The van der Waals surface area contributed by atoms with Crippen molar-refractivity contribution in [1.82, 2.24) is 10.6 Å². The van der Waals surface area contributed by atoms with Crippen molar-refractivity contribution in [1.29, 1.82) is 0 Å². The van der Waals surface area contributed by atoms with Gasteiger partial charge in [-0.15, -0.1) is 0 Å². The summed E-state index contributed by atoms with van der Waals surface area (Å²) in [5.41, 5.74) is 0.581. The molecule has 1 rings (SSSR count). The van der Waals surface area contributed by atoms with E-state index in [1.165, 1.54) is 12.1 Å². The van der Waals surface area contributed by atoms with Crippen molar-refractivity contribution in [2.24, 2.45) is 0 Å². The van der Waals surface area contributed by atoms with Gasteiger partial charge in [-0.05, 0) is 17.7 Å². The molecule has 0 saturated heterocycles. The number of aromatic hydroxyl groups is 1. The fourth-order valence-corrected chi connectivity index (χ4v) is 1.41. The van der Waals surface area contributed by atoms with E-state index in [1.807, 2.05) is 0 Å². The second kappa shape index (κ2) is 7.62. The van der Waals surface area contributed by atoms with Crippen molar-refractivity contribution in [2.45, 2.75) is 6.54 Å². The molecule has 0 aliphatic heterocycles. The summed E-state index contributed by atoms with van der Waals surface area (Å²) in [4.78, 5) is 11.3. The van der Waals surface area contributed by atoms with Gasteiger partial charge < -0.3 is 20.5 Å². The van der Waals surface area contributed by atoms with Crippen molar-refractivity contribution >= 4 is 5.91 Å². The Morgan fingerprint density at radius 3 is 2.89 bits per heavy atom. The van der Waals surface area contributed by atoms with Crippen LogP contribution in [0.2, 0.25) is 0 Å². The molecule has 0 aliphatic carbocycles. The molecule has 0 radical (unpaired) electrons. The zero-order valence-electron chi connectivity index (χ0n) is 10.2. The van der Waals surface area contributed by atoms with E-state index in [9.17, 15) is 14.3 Å². The van der Waals surface area contributed by atoms with Gasteiger partial charge in [-0.25, -0.2) is 4.39 Å². The molecule has 100 valence electrons. The monoisotopic (exact) mass is 256 g/mol. The topological polar surface area (TPSA) is 70.6 Å². The lowest BCUT2D eigenvalue weighted by atomic mass is 10.2. The fraction of sp³-hybridized carbons (Fsp3) is 0.417. The molecule has 1 aromatic carbocycles. The molecule has 0 unspecified atom stereocenters. The van der Waals surface area contributed by atoms with Gasteiger partial charge in [0.25, 0.3) is 0 Å². The number of phenolic OH excluding ortho intramolecular Hbond substituents is 1. The second-order valence-corrected chi connectivity index (χ2v) is 3.76. The predicted octanol–water partition coefficient (Wildman–Crippen LogP) is 0.384. The summed E-state index contributed by atoms with van der Waals surface area (Å²) >= 11 is 0. The number of nitrogens with one attached hydrogen (secondary N) is 2. The Hall–Kier alpha value is -1.66. The third-order valence-electron chi connectivity index (χ3n) is 2.19. The normalized spacial score (nSPS) is 10.3. The molecule has 0 aromatic heterocycles. The minimum absolute atomic E-state index is 0.126. The molecule has 0 spiro atoms. The molecule has 0 heterocycles. The maximum atomic E-state index is 12.9. The third-order valence-corrected chi connectivity index (χ3v) is 2.19. The zero-order chi connectivity index (χ0) is 13.4. The number of carbonyl (C=O) groups excluding carboxylic acids is 1. The minimum atomic E-state index is -0.503. The van der Waals surface area contributed by atoms with Gasteiger partial charge in [0.15, 0.2) is 0 Å². The summed E-state index contributed by atoms with van der Waals surface area (Å²) in [5, 5.41) is 14.7. The number of methoxy groups -OCH3 is 1. The quantitative estimate of drug-likeness (QED) is 0.617. The van der Waals surface area contributed by atoms with E-state index < -0.39 is 5.82 Å². The van der Waals surface area contributed by atoms with Crippen LogP contribution in [0.3, 0.4) is 0 Å². The Morgan fingerprint density at radius 1 is 1.44 bits per heavy atom. The molecule has 3 N–H and O–H groups in total. The number of hydrogen-bond donors (Lipinski definition) is 3. The largest absolute Gasteiger partial charge is 0.508 e. The summed E-state index contributed by atoms with van der Waals surface area (Å²) in [6, 6.07) is 3.77. The van der Waals surface area contributed by atoms with Crippen LogP contribution in [-0.4, -0.2) is 37.8 Å². The van der Waals surface area contributed by atoms with Crippen molar-refractivity contribution in [3.63, 3.8) is 0 Å². The molecular weight excluding hydrogens is 239 g/mol. The average Bonchev–Trinajstić information content (AvgIpc) is 2.28. The number of benzene rings is 1. The first kappa shape index (κ1) is 14.4. The molecule has 0 aliphatic rings. The van der Waals surface area contributed by atoms with Crippen LogP contribution in [0.5, 0.6) is 5.75 Å². The van der Waals surface area contributed by atoms with Crippen molar-refractivity contribution < 1.29 is 19.0 Å². The summed E-state index contributed by atoms with van der Waals surface area (Å²) in [7, 11) is 1.56. The third kappa shape index (κ3) is 5.60. The van der Waals surface area contributed by atoms with Gasteiger partial charge in [0.1, 0.15) is 11.6 Å². The lowest BCUT2D eigenvalue weighted by molar-refractivity contribution is -0.120.